The molecular weight excluding hydrogens is 194 g/mol. The van der Waals surface area contributed by atoms with Crippen LogP contribution in [0.15, 0.2) is 11.7 Å². The largest absolute Gasteiger partial charge is 0.319 e. The van der Waals surface area contributed by atoms with Crippen LogP contribution >= 0.6 is 11.3 Å². The molecule has 0 spiro atoms. The van der Waals surface area contributed by atoms with E-state index in [1.165, 1.54) is 4.88 Å². The average Bonchev–Trinajstić information content (AvgIpc) is 2.56. The van der Waals surface area contributed by atoms with Crippen LogP contribution in [0.1, 0.15) is 11.8 Å². The number of nitrogens with one attached hydrogen (secondary N) is 1. The molecular formula is C10H19N3S. The molecule has 1 atom stereocenters. The molecule has 0 fully saturated rings. The Kier molecular flexibility index (Phi) is 5.07. The molecule has 0 saturated carbocycles. The van der Waals surface area contributed by atoms with Gasteiger partial charge in [-0.05, 0) is 26.6 Å². The molecule has 0 radical (unpaired) electrons. The van der Waals surface area contributed by atoms with Crippen molar-refractivity contribution in [2.24, 2.45) is 5.92 Å². The molecule has 1 unspecified atom stereocenters. The van der Waals surface area contributed by atoms with Crippen molar-refractivity contribution in [1.82, 2.24) is 15.2 Å². The maximum absolute atomic E-state index is 4.07. The number of nitrogens with zero attached hydrogens (tertiary/aromatic N) is 2. The SMILES string of the molecule is CNCC(C)CN(C)Cc1cncs1. The van der Waals surface area contributed by atoms with Crippen molar-refractivity contribution >= 4 is 11.3 Å². The van der Waals surface area contributed by atoms with E-state index in [1.807, 2.05) is 18.8 Å². The van der Waals surface area contributed by atoms with Crippen molar-refractivity contribution in [3.63, 3.8) is 0 Å². The lowest BCUT2D eigenvalue weighted by molar-refractivity contribution is 0.278. The molecule has 14 heavy (non-hydrogen) atoms. The molecule has 80 valence electrons. The van der Waals surface area contributed by atoms with Crippen LogP contribution in [-0.2, 0) is 6.54 Å². The zero-order valence-corrected chi connectivity index (χ0v) is 9.97. The molecule has 1 heterocycles. The summed E-state index contributed by atoms with van der Waals surface area (Å²) >= 11 is 1.72. The van der Waals surface area contributed by atoms with E-state index in [4.69, 9.17) is 0 Å². The van der Waals surface area contributed by atoms with Crippen molar-refractivity contribution in [2.75, 3.05) is 27.2 Å². The van der Waals surface area contributed by atoms with E-state index in [-0.39, 0.29) is 0 Å². The smallest absolute Gasteiger partial charge is 0.0794 e. The Labute approximate surface area is 90.2 Å². The molecule has 0 bridgehead atoms. The van der Waals surface area contributed by atoms with Crippen LogP contribution in [0.5, 0.6) is 0 Å². The second-order valence-electron chi connectivity index (χ2n) is 3.83. The summed E-state index contributed by atoms with van der Waals surface area (Å²) in [5, 5.41) is 3.20. The molecule has 4 heteroatoms. The van der Waals surface area contributed by atoms with Crippen LogP contribution in [0.4, 0.5) is 0 Å². The Bertz CT molecular complexity index is 236. The van der Waals surface area contributed by atoms with Crippen molar-refractivity contribution < 1.29 is 0 Å². The van der Waals surface area contributed by atoms with Gasteiger partial charge in [-0.15, -0.1) is 11.3 Å². The van der Waals surface area contributed by atoms with E-state index in [0.717, 1.165) is 19.6 Å². The first-order chi connectivity index (χ1) is 6.72. The molecule has 0 saturated heterocycles. The van der Waals surface area contributed by atoms with E-state index >= 15 is 0 Å². The highest BCUT2D eigenvalue weighted by atomic mass is 32.1. The molecule has 3 nitrogen and oxygen atoms in total. The van der Waals surface area contributed by atoms with Gasteiger partial charge in [0.1, 0.15) is 0 Å². The van der Waals surface area contributed by atoms with Gasteiger partial charge < -0.3 is 10.2 Å². The number of hydrogen-bond donors (Lipinski definition) is 1. The normalized spacial score (nSPS) is 13.4. The minimum Gasteiger partial charge on any atom is -0.319 e. The Morgan fingerprint density at radius 1 is 1.64 bits per heavy atom. The van der Waals surface area contributed by atoms with E-state index in [2.05, 4.69) is 29.2 Å². The van der Waals surface area contributed by atoms with E-state index in [1.54, 1.807) is 11.3 Å². The van der Waals surface area contributed by atoms with Crippen molar-refractivity contribution in [3.8, 4) is 0 Å². The summed E-state index contributed by atoms with van der Waals surface area (Å²) in [4.78, 5) is 7.75. The van der Waals surface area contributed by atoms with Gasteiger partial charge in [0.25, 0.3) is 0 Å². The predicted molar refractivity (Wildman–Crippen MR) is 61.5 cm³/mol. The lowest BCUT2D eigenvalue weighted by Crippen LogP contribution is -2.29. The van der Waals surface area contributed by atoms with Gasteiger partial charge in [-0.2, -0.15) is 0 Å². The van der Waals surface area contributed by atoms with Crippen LogP contribution in [0, 0.1) is 5.92 Å². The summed E-state index contributed by atoms with van der Waals surface area (Å²) in [5.41, 5.74) is 1.89. The lowest BCUT2D eigenvalue weighted by atomic mass is 10.1. The molecule has 1 rings (SSSR count). The predicted octanol–water partition coefficient (Wildman–Crippen LogP) is 1.43. The van der Waals surface area contributed by atoms with Gasteiger partial charge in [0.05, 0.1) is 5.51 Å². The number of hydrogen-bond acceptors (Lipinski definition) is 4. The van der Waals surface area contributed by atoms with Gasteiger partial charge in [0, 0.05) is 24.2 Å². The van der Waals surface area contributed by atoms with Gasteiger partial charge >= 0.3 is 0 Å². The zero-order chi connectivity index (χ0) is 10.4. The lowest BCUT2D eigenvalue weighted by Gasteiger charge is -2.20. The van der Waals surface area contributed by atoms with Crippen molar-refractivity contribution in [3.05, 3.63) is 16.6 Å². The standard InChI is InChI=1S/C10H19N3S/c1-9(4-11-2)6-13(3)7-10-5-12-8-14-10/h5,8-9,11H,4,6-7H2,1-3H3. The Balaban J connectivity index is 2.25. The van der Waals surface area contributed by atoms with E-state index < -0.39 is 0 Å². The summed E-state index contributed by atoms with van der Waals surface area (Å²) in [6.45, 7) is 5.48. The molecule has 1 aromatic heterocycles. The summed E-state index contributed by atoms with van der Waals surface area (Å²) in [6, 6.07) is 0. The highest BCUT2D eigenvalue weighted by Crippen LogP contribution is 2.09. The van der Waals surface area contributed by atoms with Crippen molar-refractivity contribution in [1.29, 1.82) is 0 Å². The average molecular weight is 213 g/mol. The van der Waals surface area contributed by atoms with Crippen LogP contribution in [0.2, 0.25) is 0 Å². The molecule has 1 N–H and O–H groups in total. The fourth-order valence-electron chi connectivity index (χ4n) is 1.60. The molecule has 1 aromatic rings. The molecule has 0 aromatic carbocycles. The molecule has 0 aliphatic heterocycles. The third-order valence-electron chi connectivity index (χ3n) is 2.09. The zero-order valence-electron chi connectivity index (χ0n) is 9.16. The third kappa shape index (κ3) is 4.17. The second-order valence-corrected chi connectivity index (χ2v) is 4.80. The topological polar surface area (TPSA) is 28.2 Å². The fraction of sp³-hybridized carbons (Fsp3) is 0.700. The third-order valence-corrected chi connectivity index (χ3v) is 2.85. The van der Waals surface area contributed by atoms with Crippen LogP contribution < -0.4 is 5.32 Å². The Morgan fingerprint density at radius 3 is 3.00 bits per heavy atom. The number of aromatic nitrogens is 1. The summed E-state index contributed by atoms with van der Waals surface area (Å²) < 4.78 is 0. The first-order valence-electron chi connectivity index (χ1n) is 4.93. The second kappa shape index (κ2) is 6.11. The van der Waals surface area contributed by atoms with Crippen LogP contribution in [0.3, 0.4) is 0 Å². The van der Waals surface area contributed by atoms with Gasteiger partial charge in [0.15, 0.2) is 0 Å². The summed E-state index contributed by atoms with van der Waals surface area (Å²) in [5.74, 6) is 0.693. The van der Waals surface area contributed by atoms with Crippen LogP contribution in [-0.4, -0.2) is 37.1 Å². The monoisotopic (exact) mass is 213 g/mol. The van der Waals surface area contributed by atoms with Gasteiger partial charge in [-0.3, -0.25) is 4.98 Å². The highest BCUT2D eigenvalue weighted by molar-refractivity contribution is 7.09. The fourth-order valence-corrected chi connectivity index (χ4v) is 2.27. The first-order valence-corrected chi connectivity index (χ1v) is 5.81. The number of rotatable bonds is 6. The Hall–Kier alpha value is -0.450. The molecule has 0 aliphatic carbocycles. The quantitative estimate of drug-likeness (QED) is 0.775. The minimum atomic E-state index is 0.693. The van der Waals surface area contributed by atoms with Crippen molar-refractivity contribution in [2.45, 2.75) is 13.5 Å². The number of thiazole rings is 1. The van der Waals surface area contributed by atoms with Gasteiger partial charge in [-0.1, -0.05) is 6.92 Å². The maximum atomic E-state index is 4.07. The van der Waals surface area contributed by atoms with E-state index in [0.29, 0.717) is 5.92 Å². The summed E-state index contributed by atoms with van der Waals surface area (Å²) in [6.07, 6.45) is 1.95. The highest BCUT2D eigenvalue weighted by Gasteiger charge is 2.06. The molecule has 0 aliphatic rings. The first kappa shape index (κ1) is 11.6. The van der Waals surface area contributed by atoms with Gasteiger partial charge in [-0.25, -0.2) is 0 Å². The van der Waals surface area contributed by atoms with E-state index in [9.17, 15) is 0 Å². The summed E-state index contributed by atoms with van der Waals surface area (Å²) in [7, 11) is 4.16. The molecule has 0 amide bonds. The minimum absolute atomic E-state index is 0.693. The maximum Gasteiger partial charge on any atom is 0.0794 e. The Morgan fingerprint density at radius 2 is 2.43 bits per heavy atom. The van der Waals surface area contributed by atoms with Crippen LogP contribution in [0.25, 0.3) is 0 Å². The van der Waals surface area contributed by atoms with Gasteiger partial charge in [0.2, 0.25) is 0 Å².